The molecule has 0 radical (unpaired) electrons. The number of carbonyl (C=O) groups is 2. The van der Waals surface area contributed by atoms with Gasteiger partial charge in [0.25, 0.3) is 0 Å². The number of halogens is 1. The Kier molecular flexibility index (Phi) is 5.67. The molecule has 7 heteroatoms. The molecule has 1 rings (SSSR count). The number of urea groups is 1. The lowest BCUT2D eigenvalue weighted by Gasteiger charge is -2.27. The number of carboxylic acid groups (broad SMARTS) is 1. The van der Waals surface area contributed by atoms with Crippen LogP contribution in [0.15, 0.2) is 18.2 Å². The number of nitriles is 1. The fraction of sp³-hybridized carbons (Fsp3) is 0.357. The Hall–Kier alpha value is -2.62. The lowest BCUT2D eigenvalue weighted by molar-refractivity contribution is -0.138. The van der Waals surface area contributed by atoms with Gasteiger partial charge in [-0.25, -0.2) is 9.18 Å². The van der Waals surface area contributed by atoms with E-state index in [0.717, 1.165) is 11.0 Å². The summed E-state index contributed by atoms with van der Waals surface area (Å²) >= 11 is 0. The summed E-state index contributed by atoms with van der Waals surface area (Å²) in [6.07, 6.45) is 0.566. The Labute approximate surface area is 121 Å². The summed E-state index contributed by atoms with van der Waals surface area (Å²) in [5.41, 5.74) is 0.0347. The van der Waals surface area contributed by atoms with Crippen molar-refractivity contribution in [2.24, 2.45) is 0 Å². The average Bonchev–Trinajstić information content (AvgIpc) is 2.45. The smallest absolute Gasteiger partial charge is 0.323 e. The maximum absolute atomic E-state index is 13.7. The molecule has 112 valence electrons. The third-order valence-electron chi connectivity index (χ3n) is 3.03. The van der Waals surface area contributed by atoms with Crippen LogP contribution in [0.25, 0.3) is 0 Å². The van der Waals surface area contributed by atoms with Crippen LogP contribution in [0.2, 0.25) is 0 Å². The van der Waals surface area contributed by atoms with Gasteiger partial charge < -0.3 is 15.3 Å². The molecule has 21 heavy (non-hydrogen) atoms. The van der Waals surface area contributed by atoms with Crippen LogP contribution in [-0.4, -0.2) is 34.6 Å². The number of carboxylic acids is 1. The molecule has 1 aromatic carbocycles. The van der Waals surface area contributed by atoms with Gasteiger partial charge in [0.05, 0.1) is 17.3 Å². The van der Waals surface area contributed by atoms with E-state index in [1.807, 2.05) is 6.92 Å². The third kappa shape index (κ3) is 4.45. The summed E-state index contributed by atoms with van der Waals surface area (Å²) in [4.78, 5) is 24.0. The average molecular weight is 293 g/mol. The molecule has 0 saturated carbocycles. The largest absolute Gasteiger partial charge is 0.480 e. The summed E-state index contributed by atoms with van der Waals surface area (Å²) in [7, 11) is 0. The summed E-state index contributed by atoms with van der Waals surface area (Å²) in [5, 5.41) is 19.8. The first-order valence-corrected chi connectivity index (χ1v) is 6.38. The molecule has 6 nitrogen and oxygen atoms in total. The topological polar surface area (TPSA) is 93.4 Å². The highest BCUT2D eigenvalue weighted by atomic mass is 19.1. The van der Waals surface area contributed by atoms with Gasteiger partial charge in [-0.3, -0.25) is 4.79 Å². The first-order chi connectivity index (χ1) is 9.88. The molecule has 0 heterocycles. The SMILES string of the molecule is CCC(C)N(CC(=O)O)C(=O)Nc1ccc(C#N)cc1F. The number of nitrogens with zero attached hydrogens (tertiary/aromatic N) is 2. The third-order valence-corrected chi connectivity index (χ3v) is 3.03. The number of nitrogens with one attached hydrogen (secondary N) is 1. The van der Waals surface area contributed by atoms with Crippen molar-refractivity contribution in [3.05, 3.63) is 29.6 Å². The van der Waals surface area contributed by atoms with Gasteiger partial charge in [0.15, 0.2) is 0 Å². The lowest BCUT2D eigenvalue weighted by atomic mass is 10.2. The maximum Gasteiger partial charge on any atom is 0.323 e. The minimum Gasteiger partial charge on any atom is -0.480 e. The van der Waals surface area contributed by atoms with Gasteiger partial charge in [-0.05, 0) is 31.5 Å². The number of hydrogen-bond acceptors (Lipinski definition) is 3. The van der Waals surface area contributed by atoms with Crippen molar-refractivity contribution in [3.8, 4) is 6.07 Å². The van der Waals surface area contributed by atoms with Crippen LogP contribution in [-0.2, 0) is 4.79 Å². The number of benzene rings is 1. The Morgan fingerprint density at radius 2 is 2.19 bits per heavy atom. The highest BCUT2D eigenvalue weighted by Gasteiger charge is 2.22. The molecule has 0 aliphatic heterocycles. The van der Waals surface area contributed by atoms with E-state index in [4.69, 9.17) is 10.4 Å². The second kappa shape index (κ2) is 7.24. The van der Waals surface area contributed by atoms with Gasteiger partial charge in [-0.2, -0.15) is 5.26 Å². The molecule has 1 unspecified atom stereocenters. The van der Waals surface area contributed by atoms with Crippen LogP contribution in [0.1, 0.15) is 25.8 Å². The Morgan fingerprint density at radius 3 is 2.67 bits per heavy atom. The minimum absolute atomic E-state index is 0.0994. The molecular weight excluding hydrogens is 277 g/mol. The number of hydrogen-bond donors (Lipinski definition) is 2. The van der Waals surface area contributed by atoms with E-state index in [1.165, 1.54) is 12.1 Å². The quantitative estimate of drug-likeness (QED) is 0.871. The van der Waals surface area contributed by atoms with Crippen LogP contribution in [0, 0.1) is 17.1 Å². The van der Waals surface area contributed by atoms with E-state index in [1.54, 1.807) is 13.0 Å². The zero-order valence-corrected chi connectivity index (χ0v) is 11.8. The molecule has 0 fully saturated rings. The maximum atomic E-state index is 13.7. The van der Waals surface area contributed by atoms with Crippen LogP contribution >= 0.6 is 0 Å². The van der Waals surface area contributed by atoms with Crippen molar-refractivity contribution in [1.82, 2.24) is 4.90 Å². The fourth-order valence-corrected chi connectivity index (χ4v) is 1.67. The van der Waals surface area contributed by atoms with Gasteiger partial charge in [0.1, 0.15) is 12.4 Å². The van der Waals surface area contributed by atoms with Crippen molar-refractivity contribution in [2.45, 2.75) is 26.3 Å². The number of rotatable bonds is 5. The van der Waals surface area contributed by atoms with Crippen molar-refractivity contribution in [3.63, 3.8) is 0 Å². The molecule has 0 spiro atoms. The van der Waals surface area contributed by atoms with E-state index >= 15 is 0 Å². The molecule has 0 aliphatic carbocycles. The molecule has 0 saturated heterocycles. The highest BCUT2D eigenvalue weighted by Crippen LogP contribution is 2.17. The molecule has 1 aromatic rings. The Bertz CT molecular complexity index is 583. The first-order valence-electron chi connectivity index (χ1n) is 6.38. The Balaban J connectivity index is 2.91. The molecular formula is C14H16FN3O3. The van der Waals surface area contributed by atoms with E-state index < -0.39 is 24.4 Å². The molecule has 2 amide bonds. The Morgan fingerprint density at radius 1 is 1.52 bits per heavy atom. The number of carbonyl (C=O) groups excluding carboxylic acids is 1. The van der Waals surface area contributed by atoms with Gasteiger partial charge >= 0.3 is 12.0 Å². The van der Waals surface area contributed by atoms with E-state index in [0.29, 0.717) is 6.42 Å². The number of anilines is 1. The van der Waals surface area contributed by atoms with Crippen LogP contribution in [0.3, 0.4) is 0 Å². The van der Waals surface area contributed by atoms with E-state index in [9.17, 15) is 14.0 Å². The van der Waals surface area contributed by atoms with Crippen molar-refractivity contribution in [1.29, 1.82) is 5.26 Å². The van der Waals surface area contributed by atoms with E-state index in [-0.39, 0.29) is 17.3 Å². The normalized spacial score (nSPS) is 11.3. The van der Waals surface area contributed by atoms with E-state index in [2.05, 4.69) is 5.32 Å². The highest BCUT2D eigenvalue weighted by molar-refractivity contribution is 5.91. The molecule has 2 N–H and O–H groups in total. The minimum atomic E-state index is -1.15. The lowest BCUT2D eigenvalue weighted by Crippen LogP contribution is -2.44. The van der Waals surface area contributed by atoms with Gasteiger partial charge in [-0.1, -0.05) is 6.92 Å². The summed E-state index contributed by atoms with van der Waals surface area (Å²) in [6, 6.07) is 4.41. The molecule has 0 aliphatic rings. The summed E-state index contributed by atoms with van der Waals surface area (Å²) in [6.45, 7) is 3.05. The van der Waals surface area contributed by atoms with Gasteiger partial charge in [-0.15, -0.1) is 0 Å². The second-order valence-corrected chi connectivity index (χ2v) is 4.52. The van der Waals surface area contributed by atoms with Crippen LogP contribution < -0.4 is 5.32 Å². The molecule has 0 bridgehead atoms. The van der Waals surface area contributed by atoms with Crippen molar-refractivity contribution >= 4 is 17.7 Å². The summed E-state index contributed by atoms with van der Waals surface area (Å²) in [5.74, 6) is -1.90. The monoisotopic (exact) mass is 293 g/mol. The zero-order valence-electron chi connectivity index (χ0n) is 11.8. The fourth-order valence-electron chi connectivity index (χ4n) is 1.67. The van der Waals surface area contributed by atoms with Crippen molar-refractivity contribution in [2.75, 3.05) is 11.9 Å². The summed E-state index contributed by atoms with van der Waals surface area (Å²) < 4.78 is 13.7. The van der Waals surface area contributed by atoms with Crippen LogP contribution in [0.4, 0.5) is 14.9 Å². The predicted octanol–water partition coefficient (Wildman–Crippen LogP) is 2.41. The number of aliphatic carboxylic acids is 1. The molecule has 1 atom stereocenters. The van der Waals surface area contributed by atoms with Gasteiger partial charge in [0, 0.05) is 6.04 Å². The molecule has 0 aromatic heterocycles. The zero-order chi connectivity index (χ0) is 16.0. The second-order valence-electron chi connectivity index (χ2n) is 4.52. The van der Waals surface area contributed by atoms with Gasteiger partial charge in [0.2, 0.25) is 0 Å². The standard InChI is InChI=1S/C14H16FN3O3/c1-3-9(2)18(8-13(19)20)14(21)17-12-5-4-10(7-16)6-11(12)15/h4-6,9H,3,8H2,1-2H3,(H,17,21)(H,19,20). The van der Waals surface area contributed by atoms with Crippen LogP contribution in [0.5, 0.6) is 0 Å². The number of amides is 2. The first kappa shape index (κ1) is 16.4. The van der Waals surface area contributed by atoms with Crippen molar-refractivity contribution < 1.29 is 19.1 Å². The predicted molar refractivity (Wildman–Crippen MR) is 74.2 cm³/mol.